The fourth-order valence-corrected chi connectivity index (χ4v) is 0.759. The maximum absolute atomic E-state index is 8.72. The van der Waals surface area contributed by atoms with Crippen LogP contribution in [0.5, 0.6) is 0 Å². The van der Waals surface area contributed by atoms with Crippen LogP contribution in [0.1, 0.15) is 0 Å². The van der Waals surface area contributed by atoms with Crippen molar-refractivity contribution in [1.82, 2.24) is 0 Å². The van der Waals surface area contributed by atoms with Gasteiger partial charge in [0.25, 0.3) is 0 Å². The molecular formula is C3H9NOSSe. The van der Waals surface area contributed by atoms with Crippen LogP contribution in [-0.2, 0) is 0 Å². The Hall–Kier alpha value is 0.659. The van der Waals surface area contributed by atoms with Crippen molar-refractivity contribution in [3.8, 4) is 0 Å². The minimum absolute atomic E-state index is 0.0938. The van der Waals surface area contributed by atoms with Gasteiger partial charge in [-0.05, 0) is 0 Å². The summed E-state index contributed by atoms with van der Waals surface area (Å²) in [6.45, 7) is 0. The van der Waals surface area contributed by atoms with Gasteiger partial charge in [-0.25, -0.2) is 0 Å². The van der Waals surface area contributed by atoms with Crippen LogP contribution in [0, 0.1) is 0 Å². The van der Waals surface area contributed by atoms with Crippen LogP contribution >= 0.6 is 12.6 Å². The quantitative estimate of drug-likeness (QED) is 0.359. The molecule has 0 unspecified atom stereocenters. The van der Waals surface area contributed by atoms with E-state index in [1.807, 2.05) is 0 Å². The van der Waals surface area contributed by atoms with E-state index in [0.717, 1.165) is 0 Å². The third-order valence-corrected chi connectivity index (χ3v) is 1.62. The normalized spacial score (nSPS) is 19.9. The molecular weight excluding hydrogens is 177 g/mol. The van der Waals surface area contributed by atoms with Gasteiger partial charge in [0.1, 0.15) is 0 Å². The van der Waals surface area contributed by atoms with Crippen molar-refractivity contribution in [2.75, 3.05) is 5.75 Å². The minimum atomic E-state index is -0.831. The van der Waals surface area contributed by atoms with Gasteiger partial charge in [0.2, 0.25) is 0 Å². The first-order valence-corrected chi connectivity index (χ1v) is 3.36. The number of nitrogens with two attached hydrogens (primary N) is 1. The second-order valence-electron chi connectivity index (χ2n) is 1.15. The molecule has 0 rings (SSSR count). The van der Waals surface area contributed by atoms with Gasteiger partial charge in [0.05, 0.1) is 0 Å². The van der Waals surface area contributed by atoms with Crippen molar-refractivity contribution in [2.45, 2.75) is 6.04 Å². The van der Waals surface area contributed by atoms with Crippen molar-refractivity contribution in [1.29, 1.82) is 0.954 Å². The SMILES string of the molecule is [2H][SeH]=C(O)[C@@H](N)CS. The number of aliphatic hydroxyl groups excluding tert-OH is 1. The van der Waals surface area contributed by atoms with Gasteiger partial charge in [0, 0.05) is 0 Å². The first-order valence-electron chi connectivity index (χ1n) is 2.24. The summed E-state index contributed by atoms with van der Waals surface area (Å²) in [5.41, 5.74) is 5.27. The van der Waals surface area contributed by atoms with Gasteiger partial charge in [-0.3, -0.25) is 0 Å². The van der Waals surface area contributed by atoms with Gasteiger partial charge in [0.15, 0.2) is 0 Å². The van der Waals surface area contributed by atoms with E-state index in [1.54, 1.807) is 0 Å². The van der Waals surface area contributed by atoms with E-state index in [4.69, 9.17) is 11.8 Å². The predicted octanol–water partition coefficient (Wildman–Crippen LogP) is -1.62. The molecule has 0 fully saturated rings. The third-order valence-electron chi connectivity index (χ3n) is 0.528. The average Bonchev–Trinajstić information content (AvgIpc) is 1.84. The Labute approximate surface area is 56.7 Å². The maximum atomic E-state index is 8.72. The Balaban J connectivity index is 3.63. The van der Waals surface area contributed by atoms with Gasteiger partial charge in [-0.15, -0.1) is 0 Å². The molecule has 0 heterocycles. The van der Waals surface area contributed by atoms with Crippen molar-refractivity contribution in [3.05, 3.63) is 0 Å². The Kier molecular flexibility index (Phi) is 3.01. The molecule has 0 aliphatic carbocycles. The van der Waals surface area contributed by atoms with E-state index in [9.17, 15) is 0 Å². The van der Waals surface area contributed by atoms with Crippen LogP contribution in [0.15, 0.2) is 0 Å². The van der Waals surface area contributed by atoms with E-state index in [-0.39, 0.29) is 4.60 Å². The standard InChI is InChI=1S/C3H9NOSSe/c4-2(1-6)3(5)7/h2,5-6H,1,4,7H2/t2-/m0/s1/i7D. The number of hydrogen-bond donors (Lipinski definition) is 3. The van der Waals surface area contributed by atoms with Gasteiger partial charge in [-0.2, -0.15) is 0 Å². The van der Waals surface area contributed by atoms with Gasteiger partial charge in [-0.1, -0.05) is 0 Å². The van der Waals surface area contributed by atoms with E-state index in [1.165, 1.54) is 0 Å². The molecule has 0 saturated carbocycles. The zero-order valence-electron chi connectivity index (χ0n) is 4.70. The number of aliphatic hydroxyl groups is 1. The molecule has 0 radical (unpaired) electrons. The summed E-state index contributed by atoms with van der Waals surface area (Å²) < 4.78 is 6.83. The molecule has 0 aromatic carbocycles. The summed E-state index contributed by atoms with van der Waals surface area (Å²) in [6.07, 6.45) is 0. The van der Waals surface area contributed by atoms with E-state index >= 15 is 0 Å². The molecule has 0 aliphatic rings. The van der Waals surface area contributed by atoms with Crippen molar-refractivity contribution in [3.63, 3.8) is 0 Å². The third kappa shape index (κ3) is 3.26. The molecule has 0 aromatic rings. The van der Waals surface area contributed by atoms with Crippen molar-refractivity contribution in [2.24, 2.45) is 5.73 Å². The number of thiol groups is 1. The molecule has 44 valence electrons. The summed E-state index contributed by atoms with van der Waals surface area (Å²) in [7, 11) is 0. The Morgan fingerprint density at radius 3 is 3.00 bits per heavy atom. The molecule has 0 amide bonds. The van der Waals surface area contributed by atoms with Crippen molar-refractivity contribution >= 4 is 32.7 Å². The van der Waals surface area contributed by atoms with Gasteiger partial charge >= 0.3 is 56.3 Å². The first-order chi connectivity index (χ1) is 3.72. The molecule has 2 nitrogen and oxygen atoms in total. The molecule has 0 aromatic heterocycles. The average molecular weight is 187 g/mol. The van der Waals surface area contributed by atoms with Crippen LogP contribution in [0.3, 0.4) is 0 Å². The van der Waals surface area contributed by atoms with Gasteiger partial charge < -0.3 is 0 Å². The number of rotatable bonds is 2. The predicted molar refractivity (Wildman–Crippen MR) is 37.3 cm³/mol. The molecule has 7 heavy (non-hydrogen) atoms. The molecule has 0 spiro atoms. The molecule has 3 N–H and O–H groups in total. The van der Waals surface area contributed by atoms with E-state index < -0.39 is 21.5 Å². The molecule has 1 atom stereocenters. The van der Waals surface area contributed by atoms with Crippen LogP contribution in [0.4, 0.5) is 0 Å². The summed E-state index contributed by atoms with van der Waals surface area (Å²) in [6, 6.07) is -0.393. The second-order valence-corrected chi connectivity index (χ2v) is 2.47. The van der Waals surface area contributed by atoms with Crippen molar-refractivity contribution < 1.29 is 5.11 Å². The zero-order chi connectivity index (χ0) is 6.57. The van der Waals surface area contributed by atoms with Crippen LogP contribution < -0.4 is 5.73 Å². The van der Waals surface area contributed by atoms with E-state index in [0.29, 0.717) is 5.75 Å². The summed E-state index contributed by atoms with van der Waals surface area (Å²) in [5.74, 6) is 0.417. The summed E-state index contributed by atoms with van der Waals surface area (Å²) in [5, 5.41) is 8.72. The molecule has 0 saturated heterocycles. The fraction of sp³-hybridized carbons (Fsp3) is 0.667. The first kappa shape index (κ1) is 5.79. The fourth-order valence-electron chi connectivity index (χ4n) is 0.0816. The monoisotopic (exact) mass is 188 g/mol. The molecule has 0 aliphatic heterocycles. The van der Waals surface area contributed by atoms with Crippen LogP contribution in [0.25, 0.3) is 0 Å². The summed E-state index contributed by atoms with van der Waals surface area (Å²) >= 11 is 3.00. The zero-order valence-corrected chi connectivity index (χ0v) is 6.47. The van der Waals surface area contributed by atoms with Crippen LogP contribution in [0.2, 0.25) is 0 Å². The molecule has 0 bridgehead atoms. The molecule has 4 heteroatoms. The Morgan fingerprint density at radius 1 is 2.29 bits per heavy atom. The number of hydrogen-bond acceptors (Lipinski definition) is 3. The summed E-state index contributed by atoms with van der Waals surface area (Å²) in [4.78, 5) is 0. The van der Waals surface area contributed by atoms with E-state index in [2.05, 4.69) is 12.6 Å². The second kappa shape index (κ2) is 3.64. The topological polar surface area (TPSA) is 46.2 Å². The van der Waals surface area contributed by atoms with Crippen LogP contribution in [-0.4, -0.2) is 37.9 Å². The Bertz CT molecular complexity index is 99.3. The Morgan fingerprint density at radius 2 is 2.86 bits per heavy atom.